The molecule has 6 heteroatoms. The lowest BCUT2D eigenvalue weighted by Gasteiger charge is -2.23. The average molecular weight is 404 g/mol. The molecule has 3 aromatic rings. The van der Waals surface area contributed by atoms with Crippen LogP contribution in [0.5, 0.6) is 5.75 Å². The number of benzene rings is 2. The summed E-state index contributed by atoms with van der Waals surface area (Å²) >= 11 is 0. The maximum absolute atomic E-state index is 13.3. The van der Waals surface area contributed by atoms with Crippen LogP contribution in [0, 0.1) is 6.92 Å². The molecular weight excluding hydrogens is 384 g/mol. The normalized spacial score (nSPS) is 15.3. The summed E-state index contributed by atoms with van der Waals surface area (Å²) in [5, 5.41) is 21.2. The Labute approximate surface area is 172 Å². The highest BCUT2D eigenvalue weighted by atomic mass is 16.4. The number of ketones is 2. The number of phenols is 1. The maximum Gasteiger partial charge on any atom is 0.202 e. The van der Waals surface area contributed by atoms with E-state index in [4.69, 9.17) is 4.42 Å². The van der Waals surface area contributed by atoms with Gasteiger partial charge in [-0.1, -0.05) is 24.3 Å². The van der Waals surface area contributed by atoms with Gasteiger partial charge in [-0.25, -0.2) is 0 Å². The van der Waals surface area contributed by atoms with Gasteiger partial charge in [0.05, 0.1) is 16.5 Å². The number of aliphatic hydroxyl groups is 1. The smallest absolute Gasteiger partial charge is 0.202 e. The van der Waals surface area contributed by atoms with Gasteiger partial charge in [0.1, 0.15) is 22.7 Å². The molecule has 0 amide bonds. The Bertz CT molecular complexity index is 1320. The van der Waals surface area contributed by atoms with Crippen molar-refractivity contribution >= 4 is 22.5 Å². The first-order valence-corrected chi connectivity index (χ1v) is 9.54. The van der Waals surface area contributed by atoms with E-state index in [1.54, 1.807) is 26.0 Å². The van der Waals surface area contributed by atoms with Crippen LogP contribution in [0.4, 0.5) is 0 Å². The van der Waals surface area contributed by atoms with Crippen molar-refractivity contribution in [3.8, 4) is 5.75 Å². The number of aromatic hydroxyl groups is 1. The third-order valence-electron chi connectivity index (χ3n) is 5.47. The second-order valence-corrected chi connectivity index (χ2v) is 7.70. The predicted molar refractivity (Wildman–Crippen MR) is 111 cm³/mol. The van der Waals surface area contributed by atoms with Crippen LogP contribution in [-0.4, -0.2) is 21.8 Å². The minimum Gasteiger partial charge on any atom is -0.507 e. The van der Waals surface area contributed by atoms with Crippen molar-refractivity contribution in [2.45, 2.75) is 32.8 Å². The highest BCUT2D eigenvalue weighted by Gasteiger charge is 2.36. The van der Waals surface area contributed by atoms with Crippen molar-refractivity contribution in [1.82, 2.24) is 0 Å². The van der Waals surface area contributed by atoms with Crippen LogP contribution >= 0.6 is 0 Å². The first-order chi connectivity index (χ1) is 14.2. The molecule has 0 bridgehead atoms. The maximum atomic E-state index is 13.3. The van der Waals surface area contributed by atoms with Crippen molar-refractivity contribution < 1.29 is 24.2 Å². The highest BCUT2D eigenvalue weighted by Crippen LogP contribution is 2.38. The molecule has 4 rings (SSSR count). The number of phenolic OH excluding ortho intramolecular Hbond substituents is 1. The summed E-state index contributed by atoms with van der Waals surface area (Å²) in [6, 6.07) is 7.02. The van der Waals surface area contributed by atoms with Crippen LogP contribution < -0.4 is 5.43 Å². The summed E-state index contributed by atoms with van der Waals surface area (Å²) in [5.41, 5.74) is -1.46. The Morgan fingerprint density at radius 1 is 1.07 bits per heavy atom. The van der Waals surface area contributed by atoms with E-state index < -0.39 is 22.6 Å². The Morgan fingerprint density at radius 2 is 1.80 bits per heavy atom. The Balaban J connectivity index is 2.09. The molecule has 0 spiro atoms. The molecule has 0 fully saturated rings. The van der Waals surface area contributed by atoms with Gasteiger partial charge in [-0.05, 0) is 38.5 Å². The SMILES string of the molecule is C/C=C\CC(C)(O)c1cc(=O)c2c(C)cc3c(c2o1)C(=O)c1c(O)cccc1C3=O. The lowest BCUT2D eigenvalue weighted by Crippen LogP contribution is -2.25. The van der Waals surface area contributed by atoms with E-state index in [0.717, 1.165) is 0 Å². The monoisotopic (exact) mass is 404 g/mol. The fourth-order valence-electron chi connectivity index (χ4n) is 3.88. The summed E-state index contributed by atoms with van der Waals surface area (Å²) in [7, 11) is 0. The van der Waals surface area contributed by atoms with E-state index in [0.29, 0.717) is 5.56 Å². The van der Waals surface area contributed by atoms with Gasteiger partial charge in [0, 0.05) is 23.6 Å². The lowest BCUT2D eigenvalue weighted by atomic mass is 9.81. The third-order valence-corrected chi connectivity index (χ3v) is 5.47. The van der Waals surface area contributed by atoms with Gasteiger partial charge in [-0.15, -0.1) is 0 Å². The molecule has 0 radical (unpaired) electrons. The van der Waals surface area contributed by atoms with Crippen molar-refractivity contribution in [1.29, 1.82) is 0 Å². The molecule has 1 heterocycles. The van der Waals surface area contributed by atoms with Crippen molar-refractivity contribution in [3.05, 3.63) is 86.3 Å². The third kappa shape index (κ3) is 2.80. The van der Waals surface area contributed by atoms with Crippen molar-refractivity contribution in [2.24, 2.45) is 0 Å². The zero-order valence-corrected chi connectivity index (χ0v) is 16.8. The van der Waals surface area contributed by atoms with E-state index in [1.165, 1.54) is 37.3 Å². The predicted octanol–water partition coefficient (Wildman–Crippen LogP) is 3.76. The van der Waals surface area contributed by atoms with Gasteiger partial charge in [0.15, 0.2) is 11.2 Å². The zero-order valence-electron chi connectivity index (χ0n) is 16.8. The molecule has 1 aliphatic carbocycles. The van der Waals surface area contributed by atoms with Crippen molar-refractivity contribution in [3.63, 3.8) is 0 Å². The summed E-state index contributed by atoms with van der Waals surface area (Å²) in [5.74, 6) is -1.36. The van der Waals surface area contributed by atoms with Crippen LogP contribution in [-0.2, 0) is 5.60 Å². The average Bonchev–Trinajstić information content (AvgIpc) is 2.69. The number of rotatable bonds is 3. The largest absolute Gasteiger partial charge is 0.507 e. The molecule has 0 aliphatic heterocycles. The van der Waals surface area contributed by atoms with E-state index in [2.05, 4.69) is 0 Å². The first kappa shape index (κ1) is 19.8. The summed E-state index contributed by atoms with van der Waals surface area (Å²) in [4.78, 5) is 39.3. The van der Waals surface area contributed by atoms with Gasteiger partial charge < -0.3 is 14.6 Å². The van der Waals surface area contributed by atoms with Crippen LogP contribution in [0.2, 0.25) is 0 Å². The fraction of sp³-hybridized carbons (Fsp3) is 0.208. The Kier molecular flexibility index (Phi) is 4.47. The standard InChI is InChI=1S/C24H20O6/c1-4-5-9-24(3,29)17-11-16(26)18-12(2)10-14-20(23(18)30-17)22(28)19-13(21(14)27)7-6-8-15(19)25/h4-8,10-11,25,29H,9H2,1-3H3/b5-4-. The molecule has 1 atom stereocenters. The number of carbonyl (C=O) groups excluding carboxylic acids is 2. The number of hydrogen-bond acceptors (Lipinski definition) is 6. The first-order valence-electron chi connectivity index (χ1n) is 9.54. The van der Waals surface area contributed by atoms with E-state index >= 15 is 0 Å². The number of aryl methyl sites for hydroxylation is 1. The molecule has 2 aromatic carbocycles. The van der Waals surface area contributed by atoms with Gasteiger partial charge in [0.2, 0.25) is 5.78 Å². The fourth-order valence-corrected chi connectivity index (χ4v) is 3.88. The summed E-state index contributed by atoms with van der Waals surface area (Å²) in [6.45, 7) is 4.97. The molecule has 1 aliphatic rings. The second-order valence-electron chi connectivity index (χ2n) is 7.70. The zero-order chi connectivity index (χ0) is 21.8. The van der Waals surface area contributed by atoms with Crippen LogP contribution in [0.3, 0.4) is 0 Å². The lowest BCUT2D eigenvalue weighted by molar-refractivity contribution is 0.0374. The van der Waals surface area contributed by atoms with Crippen molar-refractivity contribution in [2.75, 3.05) is 0 Å². The Hall–Kier alpha value is -3.51. The molecule has 1 aromatic heterocycles. The summed E-state index contributed by atoms with van der Waals surface area (Å²) in [6.07, 6.45) is 3.70. The van der Waals surface area contributed by atoms with Gasteiger partial charge in [-0.3, -0.25) is 14.4 Å². The van der Waals surface area contributed by atoms with Gasteiger partial charge in [0.25, 0.3) is 0 Å². The quantitative estimate of drug-likeness (QED) is 0.504. The minimum absolute atomic E-state index is 0.00534. The second kappa shape index (κ2) is 6.78. The number of fused-ring (bicyclic) bond motifs is 4. The van der Waals surface area contributed by atoms with Gasteiger partial charge in [-0.2, -0.15) is 0 Å². The number of allylic oxidation sites excluding steroid dienone is 1. The molecule has 152 valence electrons. The van der Waals surface area contributed by atoms with Crippen LogP contribution in [0.15, 0.2) is 51.7 Å². The molecule has 2 N–H and O–H groups in total. The summed E-state index contributed by atoms with van der Waals surface area (Å²) < 4.78 is 5.92. The molecular formula is C24H20O6. The molecule has 0 saturated carbocycles. The highest BCUT2D eigenvalue weighted by molar-refractivity contribution is 6.32. The molecule has 0 saturated heterocycles. The Morgan fingerprint density at radius 3 is 2.50 bits per heavy atom. The van der Waals surface area contributed by atoms with Crippen LogP contribution in [0.25, 0.3) is 11.0 Å². The van der Waals surface area contributed by atoms with E-state index in [1.807, 2.05) is 0 Å². The number of carbonyl (C=O) groups is 2. The van der Waals surface area contributed by atoms with E-state index in [9.17, 15) is 24.6 Å². The molecule has 6 nitrogen and oxygen atoms in total. The van der Waals surface area contributed by atoms with Crippen LogP contribution in [0.1, 0.15) is 63.4 Å². The molecule has 30 heavy (non-hydrogen) atoms. The minimum atomic E-state index is -1.49. The number of hydrogen-bond donors (Lipinski definition) is 2. The molecule has 1 unspecified atom stereocenters. The topological polar surface area (TPSA) is 105 Å². The van der Waals surface area contributed by atoms with E-state index in [-0.39, 0.29) is 51.2 Å². The van der Waals surface area contributed by atoms with Gasteiger partial charge >= 0.3 is 0 Å².